The van der Waals surface area contributed by atoms with Crippen molar-refractivity contribution in [3.63, 3.8) is 0 Å². The Morgan fingerprint density at radius 3 is 2.58 bits per heavy atom. The topological polar surface area (TPSA) is 29.9 Å². The molecule has 0 saturated heterocycles. The van der Waals surface area contributed by atoms with Crippen LogP contribution in [0, 0.1) is 5.92 Å². The second-order valence-electron chi connectivity index (χ2n) is 6.36. The molecule has 2 saturated carbocycles. The SMILES string of the molecule is c1cn(C2CCCC2)nc1CNCC1CCCCC1. The number of rotatable bonds is 5. The summed E-state index contributed by atoms with van der Waals surface area (Å²) in [5.41, 5.74) is 1.21. The van der Waals surface area contributed by atoms with E-state index in [0.29, 0.717) is 6.04 Å². The summed E-state index contributed by atoms with van der Waals surface area (Å²) in [7, 11) is 0. The number of nitrogens with zero attached hydrogens (tertiary/aromatic N) is 2. The van der Waals surface area contributed by atoms with Crippen molar-refractivity contribution < 1.29 is 0 Å². The van der Waals surface area contributed by atoms with E-state index in [9.17, 15) is 0 Å². The summed E-state index contributed by atoms with van der Waals surface area (Å²) in [5, 5.41) is 8.33. The summed E-state index contributed by atoms with van der Waals surface area (Å²) in [6.45, 7) is 2.12. The lowest BCUT2D eigenvalue weighted by atomic mass is 9.89. The quantitative estimate of drug-likeness (QED) is 0.876. The minimum Gasteiger partial charge on any atom is -0.311 e. The molecule has 0 bridgehead atoms. The molecule has 0 atom stereocenters. The molecular formula is C16H27N3. The van der Waals surface area contributed by atoms with Crippen LogP contribution in [0.2, 0.25) is 0 Å². The molecule has 0 amide bonds. The molecule has 1 heterocycles. The van der Waals surface area contributed by atoms with Gasteiger partial charge in [-0.2, -0.15) is 5.10 Å². The Balaban J connectivity index is 1.42. The summed E-state index contributed by atoms with van der Waals surface area (Å²) in [5.74, 6) is 0.908. The molecule has 106 valence electrons. The number of hydrogen-bond acceptors (Lipinski definition) is 2. The fraction of sp³-hybridized carbons (Fsp3) is 0.812. The Labute approximate surface area is 116 Å². The van der Waals surface area contributed by atoms with Crippen molar-refractivity contribution in [2.45, 2.75) is 70.4 Å². The molecule has 0 spiro atoms. The minimum absolute atomic E-state index is 0.673. The molecule has 2 aliphatic carbocycles. The standard InChI is InChI=1S/C16H27N3/c1-2-6-14(7-3-1)12-17-13-15-10-11-19(18-15)16-8-4-5-9-16/h10-11,14,16-17H,1-9,12-13H2. The first-order valence-electron chi connectivity index (χ1n) is 8.16. The van der Waals surface area contributed by atoms with Gasteiger partial charge in [-0.3, -0.25) is 4.68 Å². The van der Waals surface area contributed by atoms with E-state index in [-0.39, 0.29) is 0 Å². The number of hydrogen-bond donors (Lipinski definition) is 1. The van der Waals surface area contributed by atoms with Crippen molar-refractivity contribution in [1.29, 1.82) is 0 Å². The number of nitrogens with one attached hydrogen (secondary N) is 1. The van der Waals surface area contributed by atoms with Gasteiger partial charge >= 0.3 is 0 Å². The Bertz CT molecular complexity index is 373. The van der Waals surface area contributed by atoms with E-state index >= 15 is 0 Å². The highest BCUT2D eigenvalue weighted by molar-refractivity contribution is 5.00. The highest BCUT2D eigenvalue weighted by Crippen LogP contribution is 2.28. The van der Waals surface area contributed by atoms with E-state index in [2.05, 4.69) is 22.3 Å². The van der Waals surface area contributed by atoms with Gasteiger partial charge in [0.25, 0.3) is 0 Å². The molecule has 0 aliphatic heterocycles. The van der Waals surface area contributed by atoms with Gasteiger partial charge in [-0.25, -0.2) is 0 Å². The maximum Gasteiger partial charge on any atom is 0.0762 e. The summed E-state index contributed by atoms with van der Waals surface area (Å²) >= 11 is 0. The van der Waals surface area contributed by atoms with E-state index in [1.807, 2.05) is 0 Å². The Morgan fingerprint density at radius 2 is 1.79 bits per heavy atom. The Kier molecular flexibility index (Phi) is 4.54. The zero-order valence-electron chi connectivity index (χ0n) is 12.0. The molecule has 1 aromatic heterocycles. The molecule has 0 radical (unpaired) electrons. The third-order valence-electron chi connectivity index (χ3n) is 4.83. The van der Waals surface area contributed by atoms with E-state index in [0.717, 1.165) is 12.5 Å². The van der Waals surface area contributed by atoms with Crippen LogP contribution in [-0.4, -0.2) is 16.3 Å². The lowest BCUT2D eigenvalue weighted by Crippen LogP contribution is -2.24. The largest absolute Gasteiger partial charge is 0.311 e. The molecule has 1 aromatic rings. The predicted molar refractivity (Wildman–Crippen MR) is 78.0 cm³/mol. The maximum atomic E-state index is 4.73. The zero-order valence-corrected chi connectivity index (χ0v) is 12.0. The minimum atomic E-state index is 0.673. The summed E-state index contributed by atoms with van der Waals surface area (Å²) in [6, 6.07) is 2.86. The van der Waals surface area contributed by atoms with Crippen LogP contribution >= 0.6 is 0 Å². The third-order valence-corrected chi connectivity index (χ3v) is 4.83. The second kappa shape index (κ2) is 6.56. The second-order valence-corrected chi connectivity index (χ2v) is 6.36. The van der Waals surface area contributed by atoms with Gasteiger partial charge in [0.15, 0.2) is 0 Å². The van der Waals surface area contributed by atoms with Crippen LogP contribution < -0.4 is 5.32 Å². The van der Waals surface area contributed by atoms with Crippen molar-refractivity contribution >= 4 is 0 Å². The molecule has 2 fully saturated rings. The van der Waals surface area contributed by atoms with Crippen LogP contribution in [0.1, 0.15) is 69.5 Å². The average Bonchev–Trinajstić information content (AvgIpc) is 3.10. The molecule has 19 heavy (non-hydrogen) atoms. The van der Waals surface area contributed by atoms with Crippen LogP contribution in [0.3, 0.4) is 0 Å². The van der Waals surface area contributed by atoms with Crippen LogP contribution in [0.5, 0.6) is 0 Å². The van der Waals surface area contributed by atoms with E-state index in [1.54, 1.807) is 0 Å². The molecule has 1 N–H and O–H groups in total. The van der Waals surface area contributed by atoms with Gasteiger partial charge in [-0.15, -0.1) is 0 Å². The van der Waals surface area contributed by atoms with Crippen LogP contribution in [-0.2, 0) is 6.54 Å². The Morgan fingerprint density at radius 1 is 1.05 bits per heavy atom. The smallest absolute Gasteiger partial charge is 0.0762 e. The maximum absolute atomic E-state index is 4.73. The van der Waals surface area contributed by atoms with Gasteiger partial charge in [0.05, 0.1) is 11.7 Å². The molecule has 3 nitrogen and oxygen atoms in total. The monoisotopic (exact) mass is 261 g/mol. The highest BCUT2D eigenvalue weighted by atomic mass is 15.3. The van der Waals surface area contributed by atoms with E-state index < -0.39 is 0 Å². The van der Waals surface area contributed by atoms with Gasteiger partial charge in [0.1, 0.15) is 0 Å². The molecule has 3 rings (SSSR count). The molecule has 0 unspecified atom stereocenters. The molecule has 3 heteroatoms. The van der Waals surface area contributed by atoms with Crippen molar-refractivity contribution in [2.75, 3.05) is 6.54 Å². The molecule has 2 aliphatic rings. The fourth-order valence-corrected chi connectivity index (χ4v) is 3.64. The zero-order chi connectivity index (χ0) is 12.9. The third kappa shape index (κ3) is 3.59. The van der Waals surface area contributed by atoms with Gasteiger partial charge in [-0.1, -0.05) is 32.1 Å². The lowest BCUT2D eigenvalue weighted by molar-refractivity contribution is 0.341. The summed E-state index contributed by atoms with van der Waals surface area (Å²) < 4.78 is 2.20. The van der Waals surface area contributed by atoms with Gasteiger partial charge in [-0.05, 0) is 44.2 Å². The fourth-order valence-electron chi connectivity index (χ4n) is 3.64. The van der Waals surface area contributed by atoms with Crippen molar-refractivity contribution in [3.05, 3.63) is 18.0 Å². The van der Waals surface area contributed by atoms with Crippen LogP contribution in [0.15, 0.2) is 12.3 Å². The first kappa shape index (κ1) is 13.2. The van der Waals surface area contributed by atoms with Crippen molar-refractivity contribution in [1.82, 2.24) is 15.1 Å². The van der Waals surface area contributed by atoms with Crippen molar-refractivity contribution in [3.8, 4) is 0 Å². The lowest BCUT2D eigenvalue weighted by Gasteiger charge is -2.21. The van der Waals surface area contributed by atoms with Gasteiger partial charge in [0, 0.05) is 12.7 Å². The van der Waals surface area contributed by atoms with Crippen LogP contribution in [0.25, 0.3) is 0 Å². The summed E-state index contributed by atoms with van der Waals surface area (Å²) in [6.07, 6.45) is 14.7. The first-order chi connectivity index (χ1) is 9.42. The first-order valence-corrected chi connectivity index (χ1v) is 8.16. The summed E-state index contributed by atoms with van der Waals surface area (Å²) in [4.78, 5) is 0. The average molecular weight is 261 g/mol. The number of aromatic nitrogens is 2. The van der Waals surface area contributed by atoms with E-state index in [1.165, 1.54) is 70.0 Å². The van der Waals surface area contributed by atoms with Gasteiger partial charge < -0.3 is 5.32 Å². The highest BCUT2D eigenvalue weighted by Gasteiger charge is 2.17. The van der Waals surface area contributed by atoms with E-state index in [4.69, 9.17) is 5.10 Å². The normalized spacial score (nSPS) is 22.1. The van der Waals surface area contributed by atoms with Crippen LogP contribution in [0.4, 0.5) is 0 Å². The van der Waals surface area contributed by atoms with Gasteiger partial charge in [0.2, 0.25) is 0 Å². The molecule has 0 aromatic carbocycles. The van der Waals surface area contributed by atoms with Crippen molar-refractivity contribution in [2.24, 2.45) is 5.92 Å². The predicted octanol–water partition coefficient (Wildman–Crippen LogP) is 3.67. The Hall–Kier alpha value is -0.830. The molecular weight excluding hydrogens is 234 g/mol.